The molecule has 0 saturated heterocycles. The Labute approximate surface area is 140 Å². The Morgan fingerprint density at radius 1 is 1.17 bits per heavy atom. The highest BCUT2D eigenvalue weighted by atomic mass is 16.6. The molecule has 0 saturated carbocycles. The summed E-state index contributed by atoms with van der Waals surface area (Å²) in [5, 5.41) is 2.71. The first kappa shape index (κ1) is 19.1. The summed E-state index contributed by atoms with van der Waals surface area (Å²) in [4.78, 5) is 11.7. The second-order valence-corrected chi connectivity index (χ2v) is 7.15. The predicted octanol–water partition coefficient (Wildman–Crippen LogP) is 5.60. The fourth-order valence-corrected chi connectivity index (χ4v) is 1.99. The molecule has 0 atom stereocenters. The van der Waals surface area contributed by atoms with E-state index in [1.54, 1.807) is 0 Å². The number of hydrogen-bond acceptors (Lipinski definition) is 2. The van der Waals surface area contributed by atoms with E-state index in [2.05, 4.69) is 31.0 Å². The van der Waals surface area contributed by atoms with Gasteiger partial charge >= 0.3 is 6.09 Å². The topological polar surface area (TPSA) is 38.3 Å². The molecule has 0 bridgehead atoms. The van der Waals surface area contributed by atoms with Crippen molar-refractivity contribution in [3.8, 4) is 11.8 Å². The van der Waals surface area contributed by atoms with Crippen molar-refractivity contribution in [3.05, 3.63) is 29.8 Å². The van der Waals surface area contributed by atoms with Crippen molar-refractivity contribution in [3.63, 3.8) is 0 Å². The molecule has 3 nitrogen and oxygen atoms in total. The minimum absolute atomic E-state index is 0.443. The summed E-state index contributed by atoms with van der Waals surface area (Å²) in [5.41, 5.74) is 1.18. The lowest BCUT2D eigenvalue weighted by Gasteiger charge is -2.19. The summed E-state index contributed by atoms with van der Waals surface area (Å²) >= 11 is 0. The van der Waals surface area contributed by atoms with E-state index < -0.39 is 11.7 Å². The van der Waals surface area contributed by atoms with Gasteiger partial charge < -0.3 is 4.74 Å². The van der Waals surface area contributed by atoms with Crippen LogP contribution in [0.5, 0.6) is 0 Å². The highest BCUT2D eigenvalue weighted by Gasteiger charge is 2.15. The number of unbranched alkanes of at least 4 members (excludes halogenated alkanes) is 2. The van der Waals surface area contributed by atoms with Crippen LogP contribution in [0.2, 0.25) is 0 Å². The molecule has 3 heteroatoms. The summed E-state index contributed by atoms with van der Waals surface area (Å²) in [6, 6.07) is 7.50. The Kier molecular flexibility index (Phi) is 7.68. The molecule has 0 unspecified atom stereocenters. The zero-order valence-corrected chi connectivity index (χ0v) is 15.0. The minimum Gasteiger partial charge on any atom is -0.444 e. The SMILES string of the molecule is CC(C)CCCCC#Cc1ccc(NC(=O)OC(C)(C)C)cc1. The lowest BCUT2D eigenvalue weighted by molar-refractivity contribution is 0.0636. The first-order valence-electron chi connectivity index (χ1n) is 8.35. The van der Waals surface area contributed by atoms with Crippen LogP contribution in [0.3, 0.4) is 0 Å². The number of nitrogens with one attached hydrogen (secondary N) is 1. The lowest BCUT2D eigenvalue weighted by Crippen LogP contribution is -2.27. The van der Waals surface area contributed by atoms with Crippen molar-refractivity contribution in [2.24, 2.45) is 5.92 Å². The molecule has 0 aliphatic rings. The fourth-order valence-electron chi connectivity index (χ4n) is 1.99. The van der Waals surface area contributed by atoms with Gasteiger partial charge in [-0.15, -0.1) is 0 Å². The number of ether oxygens (including phenoxy) is 1. The molecule has 1 amide bonds. The van der Waals surface area contributed by atoms with Crippen molar-refractivity contribution in [2.45, 2.75) is 65.9 Å². The number of rotatable bonds is 5. The minimum atomic E-state index is -0.495. The molecule has 0 fully saturated rings. The van der Waals surface area contributed by atoms with E-state index >= 15 is 0 Å². The van der Waals surface area contributed by atoms with Crippen LogP contribution in [0.4, 0.5) is 10.5 Å². The van der Waals surface area contributed by atoms with E-state index in [1.165, 1.54) is 12.8 Å². The Balaban J connectivity index is 2.40. The second-order valence-electron chi connectivity index (χ2n) is 7.15. The number of hydrogen-bond donors (Lipinski definition) is 1. The van der Waals surface area contributed by atoms with Gasteiger partial charge in [-0.25, -0.2) is 4.79 Å². The first-order chi connectivity index (χ1) is 10.8. The lowest BCUT2D eigenvalue weighted by atomic mass is 10.1. The van der Waals surface area contributed by atoms with E-state index in [9.17, 15) is 4.79 Å². The molecule has 1 rings (SSSR count). The van der Waals surface area contributed by atoms with Gasteiger partial charge in [0.25, 0.3) is 0 Å². The molecule has 0 radical (unpaired) electrons. The van der Waals surface area contributed by atoms with Gasteiger partial charge in [-0.3, -0.25) is 5.32 Å². The third-order valence-corrected chi connectivity index (χ3v) is 3.10. The summed E-state index contributed by atoms with van der Waals surface area (Å²) in [6.45, 7) is 10.0. The van der Waals surface area contributed by atoms with Crippen LogP contribution in [-0.4, -0.2) is 11.7 Å². The number of anilines is 1. The fraction of sp³-hybridized carbons (Fsp3) is 0.550. The smallest absolute Gasteiger partial charge is 0.412 e. The Hall–Kier alpha value is -1.95. The molecule has 0 spiro atoms. The van der Waals surface area contributed by atoms with Gasteiger partial charge in [-0.1, -0.05) is 38.5 Å². The Morgan fingerprint density at radius 3 is 2.39 bits per heavy atom. The van der Waals surface area contributed by atoms with Crippen LogP contribution in [0, 0.1) is 17.8 Å². The monoisotopic (exact) mass is 315 g/mol. The average molecular weight is 315 g/mol. The third-order valence-electron chi connectivity index (χ3n) is 3.10. The van der Waals surface area contributed by atoms with Crippen LogP contribution in [-0.2, 0) is 4.74 Å². The number of carbonyl (C=O) groups is 1. The maximum atomic E-state index is 11.7. The molecule has 23 heavy (non-hydrogen) atoms. The standard InChI is InChI=1S/C20H29NO2/c1-16(2)10-8-6-7-9-11-17-12-14-18(15-13-17)21-19(22)23-20(3,4)5/h12-16H,6-8,10H2,1-5H3,(H,21,22). The summed E-state index contributed by atoms with van der Waals surface area (Å²) in [6.07, 6.45) is 4.16. The molecule has 0 heterocycles. The summed E-state index contributed by atoms with van der Waals surface area (Å²) < 4.78 is 5.21. The third kappa shape index (κ3) is 9.63. The quantitative estimate of drug-likeness (QED) is 0.567. The van der Waals surface area contributed by atoms with Gasteiger partial charge in [0.15, 0.2) is 0 Å². The molecule has 1 aromatic carbocycles. The molecular formula is C20H29NO2. The van der Waals surface area contributed by atoms with Crippen molar-refractivity contribution >= 4 is 11.8 Å². The van der Waals surface area contributed by atoms with Crippen LogP contribution in [0.1, 0.15) is 65.9 Å². The molecule has 0 aromatic heterocycles. The van der Waals surface area contributed by atoms with Gasteiger partial charge in [-0.2, -0.15) is 0 Å². The van der Waals surface area contributed by atoms with Crippen molar-refractivity contribution < 1.29 is 9.53 Å². The molecular weight excluding hydrogens is 286 g/mol. The van der Waals surface area contributed by atoms with Crippen molar-refractivity contribution in [1.29, 1.82) is 0 Å². The zero-order chi connectivity index (χ0) is 17.3. The number of benzene rings is 1. The van der Waals surface area contributed by atoms with Gasteiger partial charge in [0.1, 0.15) is 5.60 Å². The van der Waals surface area contributed by atoms with Gasteiger partial charge in [-0.05, 0) is 57.4 Å². The maximum absolute atomic E-state index is 11.7. The van der Waals surface area contributed by atoms with Crippen LogP contribution in [0.25, 0.3) is 0 Å². The van der Waals surface area contributed by atoms with Crippen LogP contribution < -0.4 is 5.32 Å². The first-order valence-corrected chi connectivity index (χ1v) is 8.35. The van der Waals surface area contributed by atoms with E-state index in [0.717, 1.165) is 24.3 Å². The molecule has 0 aliphatic heterocycles. The summed E-state index contributed by atoms with van der Waals surface area (Å²) in [7, 11) is 0. The van der Waals surface area contributed by atoms with E-state index in [1.807, 2.05) is 45.0 Å². The van der Waals surface area contributed by atoms with E-state index in [-0.39, 0.29) is 0 Å². The van der Waals surface area contributed by atoms with Crippen LogP contribution >= 0.6 is 0 Å². The maximum Gasteiger partial charge on any atom is 0.412 e. The second kappa shape index (κ2) is 9.25. The normalized spacial score (nSPS) is 10.9. The van der Waals surface area contributed by atoms with E-state index in [0.29, 0.717) is 5.69 Å². The van der Waals surface area contributed by atoms with Gasteiger partial charge in [0.05, 0.1) is 0 Å². The zero-order valence-electron chi connectivity index (χ0n) is 15.0. The molecule has 1 N–H and O–H groups in total. The van der Waals surface area contributed by atoms with Gasteiger partial charge in [0.2, 0.25) is 0 Å². The highest BCUT2D eigenvalue weighted by Crippen LogP contribution is 2.13. The summed E-state index contributed by atoms with van der Waals surface area (Å²) in [5.74, 6) is 7.13. The largest absolute Gasteiger partial charge is 0.444 e. The number of amides is 1. The van der Waals surface area contributed by atoms with Crippen molar-refractivity contribution in [1.82, 2.24) is 0 Å². The van der Waals surface area contributed by atoms with Crippen molar-refractivity contribution in [2.75, 3.05) is 5.32 Å². The number of carbonyl (C=O) groups excluding carboxylic acids is 1. The Bertz CT molecular complexity index is 542. The van der Waals surface area contributed by atoms with Gasteiger partial charge in [0, 0.05) is 17.7 Å². The van der Waals surface area contributed by atoms with Crippen LogP contribution in [0.15, 0.2) is 24.3 Å². The average Bonchev–Trinajstić information content (AvgIpc) is 2.42. The predicted molar refractivity (Wildman–Crippen MR) is 96.5 cm³/mol. The Morgan fingerprint density at radius 2 is 1.83 bits per heavy atom. The highest BCUT2D eigenvalue weighted by molar-refractivity contribution is 5.84. The molecule has 0 aliphatic carbocycles. The molecule has 126 valence electrons. The molecule has 1 aromatic rings. The van der Waals surface area contributed by atoms with E-state index in [4.69, 9.17) is 4.74 Å².